The lowest BCUT2D eigenvalue weighted by molar-refractivity contribution is -0.212. The molecule has 1 amide bonds. The molecular formula is C23H16F5N5O2. The lowest BCUT2D eigenvalue weighted by Crippen LogP contribution is -2.61. The number of benzene rings is 2. The van der Waals surface area contributed by atoms with Gasteiger partial charge in [-0.05, 0) is 35.9 Å². The van der Waals surface area contributed by atoms with Gasteiger partial charge in [0, 0.05) is 28.9 Å². The molecule has 2 aliphatic heterocycles. The van der Waals surface area contributed by atoms with E-state index >= 15 is 8.78 Å². The van der Waals surface area contributed by atoms with Crippen molar-refractivity contribution >= 4 is 22.6 Å². The molecule has 0 bridgehead atoms. The molecule has 0 aliphatic carbocycles. The van der Waals surface area contributed by atoms with Crippen molar-refractivity contribution in [3.8, 4) is 11.1 Å². The summed E-state index contributed by atoms with van der Waals surface area (Å²) in [6.07, 6.45) is -1.72. The summed E-state index contributed by atoms with van der Waals surface area (Å²) in [4.78, 5) is 21.6. The summed E-state index contributed by atoms with van der Waals surface area (Å²) < 4.78 is 74.4. The number of aromatic nitrogens is 4. The van der Waals surface area contributed by atoms with Gasteiger partial charge in [-0.1, -0.05) is 0 Å². The Morgan fingerprint density at radius 2 is 1.80 bits per heavy atom. The van der Waals surface area contributed by atoms with Gasteiger partial charge < -0.3 is 14.6 Å². The molecule has 6 rings (SSSR count). The molecule has 12 heteroatoms. The van der Waals surface area contributed by atoms with E-state index in [1.165, 1.54) is 11.2 Å². The van der Waals surface area contributed by atoms with Crippen LogP contribution in [0.3, 0.4) is 0 Å². The van der Waals surface area contributed by atoms with E-state index in [9.17, 15) is 18.0 Å². The third-order valence-corrected chi connectivity index (χ3v) is 6.55. The number of hydrogen-bond acceptors (Lipinski definition) is 4. The monoisotopic (exact) mass is 489 g/mol. The maximum atomic E-state index is 15.4. The molecule has 2 fully saturated rings. The van der Waals surface area contributed by atoms with E-state index in [-0.39, 0.29) is 33.2 Å². The van der Waals surface area contributed by atoms with Crippen LogP contribution < -0.4 is 4.90 Å². The third-order valence-electron chi connectivity index (χ3n) is 6.55. The van der Waals surface area contributed by atoms with E-state index in [1.807, 2.05) is 0 Å². The second-order valence-electron chi connectivity index (χ2n) is 8.58. The number of ether oxygens (including phenoxy) is 1. The summed E-state index contributed by atoms with van der Waals surface area (Å²) in [5, 5.41) is 3.22. The number of imidazole rings is 1. The van der Waals surface area contributed by atoms with Crippen molar-refractivity contribution in [1.29, 1.82) is 0 Å². The van der Waals surface area contributed by atoms with E-state index in [2.05, 4.69) is 15.1 Å². The molecule has 35 heavy (non-hydrogen) atoms. The van der Waals surface area contributed by atoms with Crippen LogP contribution in [0.15, 0.2) is 49.1 Å². The maximum Gasteiger partial charge on any atom is 0.504 e. The second kappa shape index (κ2) is 7.60. The number of aromatic amines is 1. The predicted molar refractivity (Wildman–Crippen MR) is 113 cm³/mol. The summed E-state index contributed by atoms with van der Waals surface area (Å²) in [6.45, 7) is 0.608. The lowest BCUT2D eigenvalue weighted by atomic mass is 9.72. The lowest BCUT2D eigenvalue weighted by Gasteiger charge is -2.52. The molecule has 4 heterocycles. The molecule has 4 aromatic rings. The van der Waals surface area contributed by atoms with Crippen LogP contribution in [0, 0.1) is 23.5 Å². The number of carbonyl (C=O) groups is 1. The number of carbonyl (C=O) groups excluding carboxylic acids is 1. The number of β-lactam (4-membered cyclic amide) rings is 1. The Hall–Kier alpha value is -3.80. The van der Waals surface area contributed by atoms with Gasteiger partial charge in [-0.2, -0.15) is 9.78 Å². The molecular weight excluding hydrogens is 473 g/mol. The highest BCUT2D eigenvalue weighted by Gasteiger charge is 2.55. The van der Waals surface area contributed by atoms with Gasteiger partial charge in [0.15, 0.2) is 0 Å². The summed E-state index contributed by atoms with van der Waals surface area (Å²) in [5.74, 6) is -3.09. The average molecular weight is 489 g/mol. The first-order valence-corrected chi connectivity index (χ1v) is 10.7. The van der Waals surface area contributed by atoms with E-state index in [0.29, 0.717) is 36.1 Å². The molecule has 7 nitrogen and oxygen atoms in total. The van der Waals surface area contributed by atoms with Crippen molar-refractivity contribution in [1.82, 2.24) is 19.7 Å². The molecule has 2 saturated heterocycles. The van der Waals surface area contributed by atoms with Crippen molar-refractivity contribution in [3.05, 3.63) is 66.3 Å². The number of halogens is 5. The molecule has 0 radical (unpaired) electrons. The molecule has 1 N–H and O–H groups in total. The minimum Gasteiger partial charge on any atom is -0.381 e. The Morgan fingerprint density at radius 1 is 1.06 bits per heavy atom. The van der Waals surface area contributed by atoms with Crippen LogP contribution in [0.4, 0.5) is 27.6 Å². The highest BCUT2D eigenvalue weighted by Crippen LogP contribution is 2.50. The Kier molecular flexibility index (Phi) is 4.72. The first-order valence-electron chi connectivity index (χ1n) is 10.7. The SMILES string of the molecule is O=C1[C@@H](C2COC2)[C@@H](c2c(F)cc(-c3cnn(C(F)(F)F)c3)cc2F)N1c1ccc2nc[nH]c2c1. The van der Waals surface area contributed by atoms with E-state index < -0.39 is 29.9 Å². The van der Waals surface area contributed by atoms with Crippen LogP contribution in [-0.2, 0) is 15.8 Å². The third kappa shape index (κ3) is 3.39. The fourth-order valence-corrected chi connectivity index (χ4v) is 4.75. The maximum absolute atomic E-state index is 15.4. The standard InChI is InChI=1S/C23H16F5N5O2/c24-15-3-11(12-6-31-32(7-12)23(26,27)28)4-16(25)20(15)21-19(13-8-35-9-13)22(34)33(21)14-1-2-17-18(5-14)30-10-29-17/h1-7,10,13,19,21H,8-9H2,(H,29,30)/t19-,21-/m0/s1. The molecule has 2 aromatic heterocycles. The summed E-state index contributed by atoms with van der Waals surface area (Å²) in [5.41, 5.74) is 1.26. The normalized spacial score (nSPS) is 20.8. The van der Waals surface area contributed by atoms with Gasteiger partial charge in [0.2, 0.25) is 5.91 Å². The zero-order valence-electron chi connectivity index (χ0n) is 17.8. The number of alkyl halides is 3. The summed E-state index contributed by atoms with van der Waals surface area (Å²) >= 11 is 0. The number of fused-ring (bicyclic) bond motifs is 1. The van der Waals surface area contributed by atoms with Gasteiger partial charge in [0.05, 0.1) is 48.7 Å². The van der Waals surface area contributed by atoms with Crippen LogP contribution in [-0.4, -0.2) is 38.9 Å². The predicted octanol–water partition coefficient (Wildman–Crippen LogP) is 4.53. The van der Waals surface area contributed by atoms with E-state index in [4.69, 9.17) is 4.74 Å². The van der Waals surface area contributed by atoms with Gasteiger partial charge in [-0.25, -0.2) is 13.8 Å². The Balaban J connectivity index is 1.41. The molecule has 0 saturated carbocycles. The number of nitrogens with zero attached hydrogens (tertiary/aromatic N) is 4. The quantitative estimate of drug-likeness (QED) is 0.338. The first-order chi connectivity index (χ1) is 16.7. The summed E-state index contributed by atoms with van der Waals surface area (Å²) in [6, 6.07) is 6.00. The number of H-pyrrole nitrogens is 1. The highest BCUT2D eigenvalue weighted by atomic mass is 19.4. The van der Waals surface area contributed by atoms with Crippen LogP contribution in [0.5, 0.6) is 0 Å². The Labute approximate surface area is 194 Å². The van der Waals surface area contributed by atoms with Gasteiger partial charge in [0.25, 0.3) is 0 Å². The first kappa shape index (κ1) is 21.7. The number of hydrogen-bond donors (Lipinski definition) is 1. The largest absolute Gasteiger partial charge is 0.504 e. The van der Waals surface area contributed by atoms with Gasteiger partial charge >= 0.3 is 6.30 Å². The Morgan fingerprint density at radius 3 is 2.43 bits per heavy atom. The molecule has 0 spiro atoms. The minimum atomic E-state index is -4.75. The summed E-state index contributed by atoms with van der Waals surface area (Å²) in [7, 11) is 0. The molecule has 180 valence electrons. The van der Waals surface area contributed by atoms with E-state index in [0.717, 1.165) is 18.3 Å². The zero-order valence-corrected chi connectivity index (χ0v) is 17.8. The fraction of sp³-hybridized carbons (Fsp3) is 0.261. The number of anilines is 1. The van der Waals surface area contributed by atoms with Crippen LogP contribution in [0.25, 0.3) is 22.2 Å². The van der Waals surface area contributed by atoms with Crippen molar-refractivity contribution in [3.63, 3.8) is 0 Å². The average Bonchev–Trinajstić information content (AvgIpc) is 3.44. The molecule has 2 aliphatic rings. The number of nitrogens with one attached hydrogen (secondary N) is 1. The number of rotatable bonds is 4. The highest BCUT2D eigenvalue weighted by molar-refractivity contribution is 6.04. The van der Waals surface area contributed by atoms with Gasteiger partial charge in [0.1, 0.15) is 11.6 Å². The zero-order chi connectivity index (χ0) is 24.5. The van der Waals surface area contributed by atoms with Gasteiger partial charge in [-0.3, -0.25) is 4.79 Å². The van der Waals surface area contributed by atoms with Crippen LogP contribution in [0.1, 0.15) is 11.6 Å². The van der Waals surface area contributed by atoms with Crippen LogP contribution >= 0.6 is 0 Å². The molecule has 2 aromatic carbocycles. The van der Waals surface area contributed by atoms with Crippen LogP contribution in [0.2, 0.25) is 0 Å². The molecule has 0 unspecified atom stereocenters. The molecule has 2 atom stereocenters. The fourth-order valence-electron chi connectivity index (χ4n) is 4.75. The van der Waals surface area contributed by atoms with E-state index in [1.54, 1.807) is 18.2 Å². The minimum absolute atomic E-state index is 0.0955. The van der Waals surface area contributed by atoms with Crippen molar-refractivity contribution in [2.75, 3.05) is 18.1 Å². The topological polar surface area (TPSA) is 76.0 Å². The Bertz CT molecular complexity index is 1440. The van der Waals surface area contributed by atoms with Gasteiger partial charge in [-0.15, -0.1) is 13.2 Å². The van der Waals surface area contributed by atoms with Crippen molar-refractivity contribution < 1.29 is 31.5 Å². The number of amides is 1. The smallest absolute Gasteiger partial charge is 0.381 e. The second-order valence-corrected chi connectivity index (χ2v) is 8.58. The van der Waals surface area contributed by atoms with Crippen molar-refractivity contribution in [2.24, 2.45) is 11.8 Å². The van der Waals surface area contributed by atoms with Crippen molar-refractivity contribution in [2.45, 2.75) is 12.3 Å².